The number of carbonyl (C=O) groups is 1. The van der Waals surface area contributed by atoms with E-state index in [0.717, 1.165) is 49.5 Å². The molecule has 10 heteroatoms. The predicted octanol–water partition coefficient (Wildman–Crippen LogP) is 4.01. The summed E-state index contributed by atoms with van der Waals surface area (Å²) in [7, 11) is 0. The number of nitrogens with one attached hydrogen (secondary N) is 1. The molecular formula is C26H26N6O3S. The SMILES string of the molecule is Cc1cc(C(=O)Nc2nnc(-c3ccncc3)s2)cnc1O[C@@H](CN1CCOCC1)c1ccccc1. The van der Waals surface area contributed by atoms with Crippen LogP contribution in [-0.2, 0) is 4.74 Å². The lowest BCUT2D eigenvalue weighted by Crippen LogP contribution is -2.40. The fourth-order valence-electron chi connectivity index (χ4n) is 3.90. The smallest absolute Gasteiger partial charge is 0.259 e. The molecule has 0 radical (unpaired) electrons. The van der Waals surface area contributed by atoms with Crippen LogP contribution in [0.3, 0.4) is 0 Å². The topological polar surface area (TPSA) is 102 Å². The number of amides is 1. The molecule has 5 rings (SSSR count). The Morgan fingerprint density at radius 1 is 1.14 bits per heavy atom. The Morgan fingerprint density at radius 3 is 2.67 bits per heavy atom. The van der Waals surface area contributed by atoms with E-state index >= 15 is 0 Å². The Morgan fingerprint density at radius 2 is 1.92 bits per heavy atom. The number of benzene rings is 1. The molecule has 0 bridgehead atoms. The summed E-state index contributed by atoms with van der Waals surface area (Å²) in [6.07, 6.45) is 4.72. The summed E-state index contributed by atoms with van der Waals surface area (Å²) in [5.41, 5.74) is 3.17. The molecule has 1 N–H and O–H groups in total. The van der Waals surface area contributed by atoms with Crippen LogP contribution in [0, 0.1) is 6.92 Å². The predicted molar refractivity (Wildman–Crippen MR) is 137 cm³/mol. The first-order chi connectivity index (χ1) is 17.7. The van der Waals surface area contributed by atoms with Crippen molar-refractivity contribution in [2.24, 2.45) is 0 Å². The lowest BCUT2D eigenvalue weighted by molar-refractivity contribution is 0.0181. The Balaban J connectivity index is 1.28. The van der Waals surface area contributed by atoms with E-state index < -0.39 is 0 Å². The number of ether oxygens (including phenoxy) is 2. The van der Waals surface area contributed by atoms with Crippen molar-refractivity contribution in [3.05, 3.63) is 83.8 Å². The number of nitrogens with zero attached hydrogens (tertiary/aromatic N) is 5. The van der Waals surface area contributed by atoms with E-state index in [4.69, 9.17) is 9.47 Å². The summed E-state index contributed by atoms with van der Waals surface area (Å²) in [5, 5.41) is 12.2. The molecule has 0 aliphatic carbocycles. The third kappa shape index (κ3) is 5.91. The van der Waals surface area contributed by atoms with Gasteiger partial charge in [-0.25, -0.2) is 4.98 Å². The summed E-state index contributed by atoms with van der Waals surface area (Å²) >= 11 is 1.30. The monoisotopic (exact) mass is 502 g/mol. The third-order valence-corrected chi connectivity index (χ3v) is 6.71. The molecule has 0 spiro atoms. The van der Waals surface area contributed by atoms with Gasteiger partial charge in [0.15, 0.2) is 0 Å². The number of carbonyl (C=O) groups excluding carboxylic acids is 1. The molecule has 184 valence electrons. The highest BCUT2D eigenvalue weighted by Crippen LogP contribution is 2.27. The van der Waals surface area contributed by atoms with Crippen molar-refractivity contribution in [1.82, 2.24) is 25.1 Å². The number of rotatable bonds is 8. The van der Waals surface area contributed by atoms with Crippen molar-refractivity contribution in [2.45, 2.75) is 13.0 Å². The van der Waals surface area contributed by atoms with Gasteiger partial charge in [0.25, 0.3) is 5.91 Å². The van der Waals surface area contributed by atoms with Gasteiger partial charge in [0, 0.05) is 49.4 Å². The molecule has 4 heterocycles. The van der Waals surface area contributed by atoms with Crippen LogP contribution in [0.1, 0.15) is 27.6 Å². The van der Waals surface area contributed by atoms with Crippen molar-refractivity contribution in [3.8, 4) is 16.5 Å². The molecule has 1 atom stereocenters. The van der Waals surface area contributed by atoms with Gasteiger partial charge < -0.3 is 9.47 Å². The average molecular weight is 503 g/mol. The van der Waals surface area contributed by atoms with Crippen LogP contribution in [0.4, 0.5) is 5.13 Å². The number of morpholine rings is 1. The number of anilines is 1. The van der Waals surface area contributed by atoms with E-state index in [0.29, 0.717) is 21.6 Å². The maximum atomic E-state index is 12.8. The fraction of sp³-hybridized carbons (Fsp3) is 0.269. The summed E-state index contributed by atoms with van der Waals surface area (Å²) in [6.45, 7) is 5.80. The maximum Gasteiger partial charge on any atom is 0.259 e. The highest BCUT2D eigenvalue weighted by molar-refractivity contribution is 7.18. The first-order valence-electron chi connectivity index (χ1n) is 11.7. The van der Waals surface area contributed by atoms with E-state index in [-0.39, 0.29) is 12.0 Å². The first-order valence-corrected chi connectivity index (χ1v) is 12.5. The normalized spacial score (nSPS) is 14.8. The van der Waals surface area contributed by atoms with Crippen LogP contribution >= 0.6 is 11.3 Å². The molecule has 1 aromatic carbocycles. The fourth-order valence-corrected chi connectivity index (χ4v) is 4.64. The van der Waals surface area contributed by atoms with Gasteiger partial charge in [-0.2, -0.15) is 0 Å². The standard InChI is InChI=1S/C26H26N6O3S/c1-18-15-21(23(33)29-26-31-30-25(36-26)20-7-9-27-10-8-20)16-28-24(18)35-22(19-5-3-2-4-6-19)17-32-11-13-34-14-12-32/h2-10,15-16,22H,11-14,17H2,1H3,(H,29,31,33)/t22-/m0/s1. The molecular weight excluding hydrogens is 476 g/mol. The maximum absolute atomic E-state index is 12.8. The molecule has 4 aromatic rings. The zero-order valence-electron chi connectivity index (χ0n) is 19.8. The minimum Gasteiger partial charge on any atom is -0.468 e. The van der Waals surface area contributed by atoms with Crippen LogP contribution in [-0.4, -0.2) is 63.8 Å². The molecule has 9 nitrogen and oxygen atoms in total. The Labute approximate surface area is 213 Å². The molecule has 1 fully saturated rings. The van der Waals surface area contributed by atoms with Gasteiger partial charge in [-0.15, -0.1) is 10.2 Å². The molecule has 3 aromatic heterocycles. The first kappa shape index (κ1) is 24.0. The van der Waals surface area contributed by atoms with E-state index in [1.165, 1.54) is 17.5 Å². The molecule has 1 amide bonds. The Kier molecular flexibility index (Phi) is 7.55. The van der Waals surface area contributed by atoms with Gasteiger partial charge in [-0.05, 0) is 30.7 Å². The van der Waals surface area contributed by atoms with Crippen molar-refractivity contribution < 1.29 is 14.3 Å². The van der Waals surface area contributed by atoms with Gasteiger partial charge in [0.1, 0.15) is 11.1 Å². The number of hydrogen-bond acceptors (Lipinski definition) is 9. The van der Waals surface area contributed by atoms with Crippen molar-refractivity contribution in [2.75, 3.05) is 38.2 Å². The highest BCUT2D eigenvalue weighted by atomic mass is 32.1. The molecule has 1 aliphatic rings. The van der Waals surface area contributed by atoms with E-state index in [1.54, 1.807) is 18.5 Å². The van der Waals surface area contributed by atoms with Crippen molar-refractivity contribution >= 4 is 22.4 Å². The lowest BCUT2D eigenvalue weighted by atomic mass is 10.1. The summed E-state index contributed by atoms with van der Waals surface area (Å²) < 4.78 is 11.9. The Bertz CT molecular complexity index is 1300. The van der Waals surface area contributed by atoms with Gasteiger partial charge in [-0.3, -0.25) is 20.0 Å². The molecule has 36 heavy (non-hydrogen) atoms. The summed E-state index contributed by atoms with van der Waals surface area (Å²) in [4.78, 5) is 23.7. The minimum atomic E-state index is -0.303. The Hall–Kier alpha value is -3.73. The second-order valence-electron chi connectivity index (χ2n) is 8.38. The molecule has 1 saturated heterocycles. The van der Waals surface area contributed by atoms with Crippen LogP contribution in [0.5, 0.6) is 5.88 Å². The quantitative estimate of drug-likeness (QED) is 0.386. The van der Waals surface area contributed by atoms with Gasteiger partial charge in [0.05, 0.1) is 18.8 Å². The zero-order chi connectivity index (χ0) is 24.7. The molecule has 1 aliphatic heterocycles. The lowest BCUT2D eigenvalue weighted by Gasteiger charge is -2.31. The number of aromatic nitrogens is 4. The van der Waals surface area contributed by atoms with Crippen LogP contribution in [0.2, 0.25) is 0 Å². The van der Waals surface area contributed by atoms with Crippen LogP contribution < -0.4 is 10.1 Å². The van der Waals surface area contributed by atoms with Gasteiger partial charge >= 0.3 is 0 Å². The second-order valence-corrected chi connectivity index (χ2v) is 9.36. The van der Waals surface area contributed by atoms with E-state index in [2.05, 4.69) is 42.5 Å². The minimum absolute atomic E-state index is 0.192. The zero-order valence-corrected chi connectivity index (χ0v) is 20.6. The third-order valence-electron chi connectivity index (χ3n) is 5.82. The number of pyridine rings is 2. The van der Waals surface area contributed by atoms with E-state index in [9.17, 15) is 4.79 Å². The van der Waals surface area contributed by atoms with Crippen LogP contribution in [0.15, 0.2) is 67.1 Å². The number of aryl methyl sites for hydroxylation is 1. The van der Waals surface area contributed by atoms with Gasteiger partial charge in [-0.1, -0.05) is 41.7 Å². The summed E-state index contributed by atoms with van der Waals surface area (Å²) in [6, 6.07) is 15.6. The van der Waals surface area contributed by atoms with Crippen LogP contribution in [0.25, 0.3) is 10.6 Å². The molecule has 0 saturated carbocycles. The second kappa shape index (κ2) is 11.3. The van der Waals surface area contributed by atoms with Gasteiger partial charge in [0.2, 0.25) is 11.0 Å². The molecule has 0 unspecified atom stereocenters. The van der Waals surface area contributed by atoms with E-state index in [1.807, 2.05) is 37.3 Å². The summed E-state index contributed by atoms with van der Waals surface area (Å²) in [5.74, 6) is 0.201. The number of hydrogen-bond donors (Lipinski definition) is 1. The van der Waals surface area contributed by atoms with Crippen molar-refractivity contribution in [1.29, 1.82) is 0 Å². The highest BCUT2D eigenvalue weighted by Gasteiger charge is 2.22. The largest absolute Gasteiger partial charge is 0.468 e. The van der Waals surface area contributed by atoms with Crippen molar-refractivity contribution in [3.63, 3.8) is 0 Å². The average Bonchev–Trinajstić information content (AvgIpc) is 3.39.